The number of rotatable bonds is 41. The minimum atomic E-state index is -4.63. The van der Waals surface area contributed by atoms with E-state index >= 15 is 0 Å². The van der Waals surface area contributed by atoms with Crippen molar-refractivity contribution in [3.8, 4) is 0 Å². The van der Waals surface area contributed by atoms with Crippen LogP contribution in [0.2, 0.25) is 0 Å². The van der Waals surface area contributed by atoms with E-state index in [4.69, 9.17) is 29.4 Å². The Morgan fingerprint density at radius 3 is 1.54 bits per heavy atom. The summed E-state index contributed by atoms with van der Waals surface area (Å²) in [5.74, 6) is -1.82. The van der Waals surface area contributed by atoms with E-state index in [1.54, 1.807) is 0 Å². The van der Waals surface area contributed by atoms with E-state index in [-0.39, 0.29) is 13.0 Å². The molecule has 0 aliphatic heterocycles. The van der Waals surface area contributed by atoms with Gasteiger partial charge in [-0.05, 0) is 83.5 Å². The van der Waals surface area contributed by atoms with Crippen LogP contribution in [-0.4, -0.2) is 60.5 Å². The van der Waals surface area contributed by atoms with Crippen LogP contribution >= 0.6 is 7.82 Å². The summed E-state index contributed by atoms with van der Waals surface area (Å²) in [6.45, 7) is 3.69. The van der Waals surface area contributed by atoms with Gasteiger partial charge in [0, 0.05) is 13.0 Å². The molecule has 328 valence electrons. The van der Waals surface area contributed by atoms with Crippen molar-refractivity contribution in [2.75, 3.05) is 26.4 Å². The molecule has 0 saturated heterocycles. The molecule has 0 heterocycles. The Kier molecular flexibility index (Phi) is 39.7. The van der Waals surface area contributed by atoms with Gasteiger partial charge in [-0.2, -0.15) is 0 Å². The number of aliphatic carboxylic acids is 1. The number of ether oxygens (including phenoxy) is 2. The zero-order valence-corrected chi connectivity index (χ0v) is 36.6. The Labute approximate surface area is 346 Å². The van der Waals surface area contributed by atoms with Crippen molar-refractivity contribution >= 4 is 19.8 Å². The van der Waals surface area contributed by atoms with Gasteiger partial charge in [-0.3, -0.25) is 18.6 Å². The first-order valence-electron chi connectivity index (χ1n) is 22.0. The Hall–Kier alpha value is -2.59. The van der Waals surface area contributed by atoms with Crippen molar-refractivity contribution < 1.29 is 42.7 Å². The molecule has 0 aromatic heterocycles. The van der Waals surface area contributed by atoms with Crippen LogP contribution in [0.15, 0.2) is 72.9 Å². The summed E-state index contributed by atoms with van der Waals surface area (Å²) < 4.78 is 33.3. The van der Waals surface area contributed by atoms with E-state index in [1.807, 2.05) is 0 Å². The molecule has 4 N–H and O–H groups in total. The van der Waals surface area contributed by atoms with Gasteiger partial charge in [-0.25, -0.2) is 4.57 Å². The molecule has 0 aromatic carbocycles. The second-order valence-corrected chi connectivity index (χ2v) is 15.9. The molecule has 0 fully saturated rings. The molecular weight excluding hydrogens is 741 g/mol. The molecule has 57 heavy (non-hydrogen) atoms. The molecule has 0 rings (SSSR count). The van der Waals surface area contributed by atoms with Gasteiger partial charge in [0.1, 0.15) is 12.1 Å². The Balaban J connectivity index is 4.33. The summed E-state index contributed by atoms with van der Waals surface area (Å²) >= 11 is 0. The molecule has 0 spiro atoms. The van der Waals surface area contributed by atoms with E-state index < -0.39 is 45.1 Å². The second kappa shape index (κ2) is 41.6. The largest absolute Gasteiger partial charge is 0.480 e. The predicted molar refractivity (Wildman–Crippen MR) is 235 cm³/mol. The third kappa shape index (κ3) is 41.4. The molecule has 0 bridgehead atoms. The van der Waals surface area contributed by atoms with Crippen LogP contribution < -0.4 is 5.73 Å². The van der Waals surface area contributed by atoms with E-state index in [2.05, 4.69) is 86.8 Å². The minimum Gasteiger partial charge on any atom is -0.480 e. The lowest BCUT2D eigenvalue weighted by Gasteiger charge is -2.20. The van der Waals surface area contributed by atoms with E-state index in [0.29, 0.717) is 13.0 Å². The number of carbonyl (C=O) groups is 2. The monoisotopic (exact) mass is 822 g/mol. The zero-order valence-electron chi connectivity index (χ0n) is 35.7. The van der Waals surface area contributed by atoms with Crippen molar-refractivity contribution in [3.05, 3.63) is 72.9 Å². The van der Waals surface area contributed by atoms with Crippen LogP contribution in [0.1, 0.15) is 168 Å². The van der Waals surface area contributed by atoms with Crippen molar-refractivity contribution in [2.24, 2.45) is 5.73 Å². The standard InChI is InChI=1S/C46H80NO9P/c1-3-5-7-9-11-13-15-17-19-21-22-23-24-26-28-30-32-34-36-38-45(48)56-43(41-54-57(51,52)55-42-44(47)46(49)50)40-53-39-37-35-33-31-29-27-25-20-18-16-14-12-10-8-6-4-2/h5,7,11,13,17-20,22-23,26,28,43-44H,3-4,6,8-10,12,14-16,21,24-25,27,29-42,47H2,1-2H3,(H,49,50)(H,51,52)/b7-5-,13-11-,19-17-,20-18-,23-22-,28-26-. The fraction of sp³-hybridized carbons (Fsp3) is 0.696. The van der Waals surface area contributed by atoms with Crippen LogP contribution in [0.5, 0.6) is 0 Å². The third-order valence-electron chi connectivity index (χ3n) is 8.97. The molecular formula is C46H80NO9P. The number of carboxylic acids is 1. The van der Waals surface area contributed by atoms with Gasteiger partial charge in [0.15, 0.2) is 0 Å². The highest BCUT2D eigenvalue weighted by Gasteiger charge is 2.27. The number of carboxylic acid groups (broad SMARTS) is 1. The summed E-state index contributed by atoms with van der Waals surface area (Å²) in [6.07, 6.45) is 50.9. The van der Waals surface area contributed by atoms with Gasteiger partial charge in [0.05, 0.1) is 19.8 Å². The average Bonchev–Trinajstić information content (AvgIpc) is 3.19. The Morgan fingerprint density at radius 1 is 0.579 bits per heavy atom. The van der Waals surface area contributed by atoms with Gasteiger partial charge in [0.2, 0.25) is 0 Å². The van der Waals surface area contributed by atoms with Crippen molar-refractivity contribution in [1.82, 2.24) is 0 Å². The van der Waals surface area contributed by atoms with Gasteiger partial charge in [0.25, 0.3) is 0 Å². The first-order chi connectivity index (χ1) is 27.7. The van der Waals surface area contributed by atoms with Crippen molar-refractivity contribution in [2.45, 2.75) is 180 Å². The van der Waals surface area contributed by atoms with Crippen LogP contribution in [0.3, 0.4) is 0 Å². The molecule has 11 heteroatoms. The fourth-order valence-corrected chi connectivity index (χ4v) is 6.34. The van der Waals surface area contributed by atoms with E-state index in [9.17, 15) is 19.0 Å². The SMILES string of the molecule is CC/C=C\C/C=C\C/C=C\C/C=C\C/C=C\CCCCCC(=O)OC(COCCCCCCCC/C=C\CCCCCCCC)COP(=O)(O)OCC(N)C(=O)O. The molecule has 0 amide bonds. The highest BCUT2D eigenvalue weighted by molar-refractivity contribution is 7.47. The number of unbranched alkanes of at least 4 members (excludes halogenated alkanes) is 15. The van der Waals surface area contributed by atoms with Crippen LogP contribution in [0.25, 0.3) is 0 Å². The first kappa shape index (κ1) is 54.4. The first-order valence-corrected chi connectivity index (χ1v) is 23.5. The number of allylic oxidation sites excluding steroid dienone is 12. The Morgan fingerprint density at radius 2 is 1.02 bits per heavy atom. The second-order valence-electron chi connectivity index (χ2n) is 14.4. The topological polar surface area (TPSA) is 155 Å². The number of phosphoric acid groups is 1. The van der Waals surface area contributed by atoms with Gasteiger partial charge in [-0.1, -0.05) is 151 Å². The zero-order chi connectivity index (χ0) is 41.9. The number of nitrogens with two attached hydrogens (primary N) is 1. The molecule has 3 atom stereocenters. The maximum absolute atomic E-state index is 12.6. The third-order valence-corrected chi connectivity index (χ3v) is 9.92. The van der Waals surface area contributed by atoms with E-state index in [0.717, 1.165) is 77.0 Å². The van der Waals surface area contributed by atoms with Gasteiger partial charge >= 0.3 is 19.8 Å². The van der Waals surface area contributed by atoms with Crippen LogP contribution in [-0.2, 0) is 32.7 Å². The summed E-state index contributed by atoms with van der Waals surface area (Å²) in [5, 5.41) is 8.90. The smallest absolute Gasteiger partial charge is 0.472 e. The summed E-state index contributed by atoms with van der Waals surface area (Å²) in [5.41, 5.74) is 5.35. The summed E-state index contributed by atoms with van der Waals surface area (Å²) in [4.78, 5) is 33.5. The van der Waals surface area contributed by atoms with Crippen LogP contribution in [0.4, 0.5) is 0 Å². The number of hydrogen-bond acceptors (Lipinski definition) is 8. The predicted octanol–water partition coefficient (Wildman–Crippen LogP) is 12.2. The lowest BCUT2D eigenvalue weighted by atomic mass is 10.1. The molecule has 0 aromatic rings. The molecule has 0 radical (unpaired) electrons. The lowest BCUT2D eigenvalue weighted by Crippen LogP contribution is -2.34. The van der Waals surface area contributed by atoms with Crippen molar-refractivity contribution in [1.29, 1.82) is 0 Å². The number of carbonyl (C=O) groups excluding carboxylic acids is 1. The van der Waals surface area contributed by atoms with Gasteiger partial charge in [-0.15, -0.1) is 0 Å². The number of esters is 1. The van der Waals surface area contributed by atoms with E-state index in [1.165, 1.54) is 64.2 Å². The molecule has 10 nitrogen and oxygen atoms in total. The lowest BCUT2D eigenvalue weighted by molar-refractivity contribution is -0.154. The maximum atomic E-state index is 12.6. The fourth-order valence-electron chi connectivity index (χ4n) is 5.56. The Bertz CT molecular complexity index is 1180. The highest BCUT2D eigenvalue weighted by Crippen LogP contribution is 2.43. The highest BCUT2D eigenvalue weighted by atomic mass is 31.2. The normalized spacial score (nSPS) is 14.6. The molecule has 0 aliphatic rings. The summed E-state index contributed by atoms with van der Waals surface area (Å²) in [7, 11) is -4.63. The number of hydrogen-bond donors (Lipinski definition) is 3. The molecule has 0 aliphatic carbocycles. The molecule has 0 saturated carbocycles. The summed E-state index contributed by atoms with van der Waals surface area (Å²) in [6, 6.07) is -1.48. The van der Waals surface area contributed by atoms with Gasteiger partial charge < -0.3 is 25.2 Å². The maximum Gasteiger partial charge on any atom is 0.472 e. The minimum absolute atomic E-state index is 0.00444. The van der Waals surface area contributed by atoms with Crippen molar-refractivity contribution in [3.63, 3.8) is 0 Å². The number of phosphoric ester groups is 1. The molecule has 3 unspecified atom stereocenters. The quantitative estimate of drug-likeness (QED) is 0.0235. The van der Waals surface area contributed by atoms with Crippen LogP contribution in [0, 0.1) is 0 Å². The average molecular weight is 822 g/mol.